The largest absolute Gasteiger partial charge is 0.348 e. The quantitative estimate of drug-likeness (QED) is 0.866. The third-order valence-corrected chi connectivity index (χ3v) is 4.12. The maximum Gasteiger partial charge on any atom is 0.274 e. The van der Waals surface area contributed by atoms with Gasteiger partial charge in [0.05, 0.1) is 6.04 Å². The number of nitrogens with zero attached hydrogens (tertiary/aromatic N) is 4. The molecule has 3 heterocycles. The molecule has 0 unspecified atom stereocenters. The lowest BCUT2D eigenvalue weighted by Crippen LogP contribution is -2.41. The number of carbonyl (C=O) groups excluding carboxylic acids is 1. The molecule has 22 heavy (non-hydrogen) atoms. The molecule has 1 atom stereocenters. The van der Waals surface area contributed by atoms with E-state index in [-0.39, 0.29) is 17.5 Å². The van der Waals surface area contributed by atoms with Crippen LogP contribution < -0.4 is 5.56 Å². The Bertz CT molecular complexity index is 747. The first-order valence-electron chi connectivity index (χ1n) is 7.66. The first-order chi connectivity index (χ1) is 10.6. The third kappa shape index (κ3) is 2.45. The van der Waals surface area contributed by atoms with Crippen LogP contribution in [0.15, 0.2) is 35.3 Å². The number of hydrogen-bond donors (Lipinski definition) is 0. The van der Waals surface area contributed by atoms with Gasteiger partial charge < -0.3 is 9.47 Å². The number of amides is 1. The van der Waals surface area contributed by atoms with Crippen molar-refractivity contribution >= 4 is 5.91 Å². The summed E-state index contributed by atoms with van der Waals surface area (Å²) in [6, 6.07) is 6.99. The van der Waals surface area contributed by atoms with Gasteiger partial charge in [-0.05, 0) is 31.5 Å². The van der Waals surface area contributed by atoms with E-state index < -0.39 is 0 Å². The lowest BCUT2D eigenvalue weighted by Gasteiger charge is -2.34. The molecule has 6 nitrogen and oxygen atoms in total. The second-order valence-corrected chi connectivity index (χ2v) is 5.58. The van der Waals surface area contributed by atoms with Crippen molar-refractivity contribution in [3.63, 3.8) is 0 Å². The second kappa shape index (κ2) is 5.79. The van der Waals surface area contributed by atoms with Crippen LogP contribution >= 0.6 is 0 Å². The highest BCUT2D eigenvalue weighted by Crippen LogP contribution is 2.26. The molecule has 0 N–H and O–H groups in total. The van der Waals surface area contributed by atoms with Crippen LogP contribution in [0.1, 0.15) is 42.5 Å². The van der Waals surface area contributed by atoms with Gasteiger partial charge in [0.1, 0.15) is 5.69 Å². The number of fused-ring (bicyclic) bond motifs is 1. The number of hydrogen-bond acceptors (Lipinski definition) is 3. The van der Waals surface area contributed by atoms with Gasteiger partial charge in [0.2, 0.25) is 0 Å². The summed E-state index contributed by atoms with van der Waals surface area (Å²) in [5.41, 5.74) is 1.29. The van der Waals surface area contributed by atoms with Crippen LogP contribution in [0.3, 0.4) is 0 Å². The molecular weight excluding hydrogens is 280 g/mol. The number of carbonyl (C=O) groups is 1. The molecule has 1 aliphatic rings. The lowest BCUT2D eigenvalue weighted by molar-refractivity contribution is 0.0635. The zero-order valence-corrected chi connectivity index (χ0v) is 12.9. The smallest absolute Gasteiger partial charge is 0.274 e. The Morgan fingerprint density at radius 2 is 2.14 bits per heavy atom. The van der Waals surface area contributed by atoms with E-state index in [1.807, 2.05) is 37.1 Å². The molecule has 0 aliphatic carbocycles. The molecular formula is C16H20N4O2. The molecule has 0 bridgehead atoms. The Morgan fingerprint density at radius 1 is 1.32 bits per heavy atom. The zero-order valence-electron chi connectivity index (χ0n) is 12.9. The number of rotatable bonds is 3. The van der Waals surface area contributed by atoms with Crippen molar-refractivity contribution in [3.05, 3.63) is 52.2 Å². The monoisotopic (exact) mass is 300 g/mol. The molecule has 0 saturated carbocycles. The van der Waals surface area contributed by atoms with Gasteiger partial charge in [0.15, 0.2) is 0 Å². The Kier molecular flexibility index (Phi) is 3.83. The average Bonchev–Trinajstić information content (AvgIpc) is 2.99. The molecule has 3 rings (SSSR count). The Labute approximate surface area is 129 Å². The van der Waals surface area contributed by atoms with E-state index >= 15 is 0 Å². The fourth-order valence-electron chi connectivity index (χ4n) is 2.94. The van der Waals surface area contributed by atoms with Gasteiger partial charge in [0.25, 0.3) is 11.5 Å². The third-order valence-electron chi connectivity index (χ3n) is 4.12. The summed E-state index contributed by atoms with van der Waals surface area (Å²) in [6.07, 6.45) is 2.84. The van der Waals surface area contributed by atoms with Crippen LogP contribution in [0.5, 0.6) is 0 Å². The van der Waals surface area contributed by atoms with Crippen LogP contribution in [-0.4, -0.2) is 31.7 Å². The van der Waals surface area contributed by atoms with E-state index in [0.29, 0.717) is 18.8 Å². The standard InChI is InChI=1S/C16H20N4O2/c1-3-8-20-15(21)7-6-13(17-20)16(22)19-11-10-18-9-4-5-14(18)12(19)2/h4-7,9,12H,3,8,10-11H2,1-2H3/t12-/m1/s1. The molecule has 1 amide bonds. The van der Waals surface area contributed by atoms with Crippen LogP contribution in [0.4, 0.5) is 0 Å². The fraction of sp³-hybridized carbons (Fsp3) is 0.438. The van der Waals surface area contributed by atoms with E-state index in [1.165, 1.54) is 16.8 Å². The number of aromatic nitrogens is 3. The predicted molar refractivity (Wildman–Crippen MR) is 82.7 cm³/mol. The second-order valence-electron chi connectivity index (χ2n) is 5.58. The van der Waals surface area contributed by atoms with Gasteiger partial charge in [-0.2, -0.15) is 5.10 Å². The summed E-state index contributed by atoms with van der Waals surface area (Å²) in [4.78, 5) is 26.3. The minimum atomic E-state index is -0.168. The summed E-state index contributed by atoms with van der Waals surface area (Å²) in [6.45, 7) is 5.95. The van der Waals surface area contributed by atoms with Crippen LogP contribution in [0, 0.1) is 0 Å². The summed E-state index contributed by atoms with van der Waals surface area (Å²) in [5, 5.41) is 4.22. The van der Waals surface area contributed by atoms with Gasteiger partial charge in [-0.15, -0.1) is 0 Å². The van der Waals surface area contributed by atoms with E-state index in [9.17, 15) is 9.59 Å². The fourth-order valence-corrected chi connectivity index (χ4v) is 2.94. The van der Waals surface area contributed by atoms with Gasteiger partial charge in [-0.25, -0.2) is 4.68 Å². The lowest BCUT2D eigenvalue weighted by atomic mass is 10.1. The van der Waals surface area contributed by atoms with Crippen LogP contribution in [0.2, 0.25) is 0 Å². The van der Waals surface area contributed by atoms with Crippen molar-refractivity contribution in [1.82, 2.24) is 19.2 Å². The maximum absolute atomic E-state index is 12.7. The molecule has 6 heteroatoms. The Morgan fingerprint density at radius 3 is 2.91 bits per heavy atom. The summed E-state index contributed by atoms with van der Waals surface area (Å²) in [7, 11) is 0. The maximum atomic E-state index is 12.7. The normalized spacial score (nSPS) is 17.4. The Balaban J connectivity index is 1.89. The van der Waals surface area contributed by atoms with E-state index in [0.717, 1.165) is 18.7 Å². The molecule has 116 valence electrons. The predicted octanol–water partition coefficient (Wildman–Crippen LogP) is 1.67. The van der Waals surface area contributed by atoms with E-state index in [4.69, 9.17) is 0 Å². The zero-order chi connectivity index (χ0) is 15.7. The molecule has 0 aromatic carbocycles. The highest BCUT2D eigenvalue weighted by molar-refractivity contribution is 5.92. The molecule has 0 spiro atoms. The van der Waals surface area contributed by atoms with Crippen molar-refractivity contribution in [2.75, 3.05) is 6.54 Å². The SMILES string of the molecule is CCCn1nc(C(=O)N2CCn3cccc3[C@H]2C)ccc1=O. The topological polar surface area (TPSA) is 60.1 Å². The summed E-state index contributed by atoms with van der Waals surface area (Å²) >= 11 is 0. The van der Waals surface area contributed by atoms with Crippen molar-refractivity contribution in [2.24, 2.45) is 0 Å². The molecule has 2 aromatic rings. The molecule has 0 radical (unpaired) electrons. The van der Waals surface area contributed by atoms with Crippen molar-refractivity contribution in [2.45, 2.75) is 39.4 Å². The van der Waals surface area contributed by atoms with Gasteiger partial charge in [0, 0.05) is 37.6 Å². The first kappa shape index (κ1) is 14.6. The highest BCUT2D eigenvalue weighted by Gasteiger charge is 2.29. The van der Waals surface area contributed by atoms with Gasteiger partial charge >= 0.3 is 0 Å². The average molecular weight is 300 g/mol. The molecule has 1 aliphatic heterocycles. The van der Waals surface area contributed by atoms with E-state index in [2.05, 4.69) is 9.67 Å². The highest BCUT2D eigenvalue weighted by atomic mass is 16.2. The molecule has 0 saturated heterocycles. The van der Waals surface area contributed by atoms with Crippen molar-refractivity contribution in [3.8, 4) is 0 Å². The van der Waals surface area contributed by atoms with Crippen molar-refractivity contribution < 1.29 is 4.79 Å². The van der Waals surface area contributed by atoms with Gasteiger partial charge in [-0.1, -0.05) is 6.92 Å². The Hall–Kier alpha value is -2.37. The van der Waals surface area contributed by atoms with Gasteiger partial charge in [-0.3, -0.25) is 9.59 Å². The molecule has 0 fully saturated rings. The summed E-state index contributed by atoms with van der Waals surface area (Å²) in [5.74, 6) is -0.121. The van der Waals surface area contributed by atoms with Crippen molar-refractivity contribution in [1.29, 1.82) is 0 Å². The number of aryl methyl sites for hydroxylation is 1. The first-order valence-corrected chi connectivity index (χ1v) is 7.66. The van der Waals surface area contributed by atoms with Crippen LogP contribution in [-0.2, 0) is 13.1 Å². The van der Waals surface area contributed by atoms with E-state index in [1.54, 1.807) is 0 Å². The summed E-state index contributed by atoms with van der Waals surface area (Å²) < 4.78 is 3.53. The molecule has 2 aromatic heterocycles. The minimum absolute atomic E-state index is 0.00426. The van der Waals surface area contributed by atoms with Crippen LogP contribution in [0.25, 0.3) is 0 Å². The minimum Gasteiger partial charge on any atom is -0.348 e.